The molecule has 59 valence electrons. The molecule has 0 atom stereocenters. The van der Waals surface area contributed by atoms with Crippen LogP contribution in [-0.2, 0) is 6.42 Å². The molecular weight excluding hydrogens is 315 g/mol. The van der Waals surface area contributed by atoms with E-state index in [1.54, 1.807) is 0 Å². The Morgan fingerprint density at radius 3 is 2.82 bits per heavy atom. The van der Waals surface area contributed by atoms with Crippen molar-refractivity contribution in [3.05, 3.63) is 38.7 Å². The first kappa shape index (κ1) is 9.52. The molecule has 1 aromatic carbocycles. The standard InChI is InChI=1S/C9H9BrI/c1-2-3-7-6-8(10)4-5-9(7)11/h4-6H,1-3H2. The lowest BCUT2D eigenvalue weighted by molar-refractivity contribution is 0.990. The van der Waals surface area contributed by atoms with Gasteiger partial charge in [0, 0.05) is 8.04 Å². The van der Waals surface area contributed by atoms with Gasteiger partial charge in [0.1, 0.15) is 0 Å². The Bertz CT molecular complexity index is 245. The maximum atomic E-state index is 3.83. The summed E-state index contributed by atoms with van der Waals surface area (Å²) in [6.45, 7) is 3.83. The molecule has 0 unspecified atom stereocenters. The maximum Gasteiger partial charge on any atom is 0.0178 e. The predicted molar refractivity (Wildman–Crippen MR) is 60.5 cm³/mol. The third-order valence-corrected chi connectivity index (χ3v) is 3.00. The van der Waals surface area contributed by atoms with Crippen LogP contribution in [0.25, 0.3) is 0 Å². The molecule has 1 rings (SSSR count). The highest BCUT2D eigenvalue weighted by Crippen LogP contribution is 2.19. The summed E-state index contributed by atoms with van der Waals surface area (Å²) >= 11 is 5.79. The van der Waals surface area contributed by atoms with Gasteiger partial charge in [-0.25, -0.2) is 0 Å². The highest BCUT2D eigenvalue weighted by molar-refractivity contribution is 14.1. The van der Waals surface area contributed by atoms with Crippen LogP contribution in [0.15, 0.2) is 22.7 Å². The van der Waals surface area contributed by atoms with Gasteiger partial charge in [0.2, 0.25) is 0 Å². The van der Waals surface area contributed by atoms with Crippen LogP contribution >= 0.6 is 38.5 Å². The molecule has 11 heavy (non-hydrogen) atoms. The largest absolute Gasteiger partial charge is 0.0530 e. The minimum absolute atomic E-state index is 0.965. The van der Waals surface area contributed by atoms with Crippen LogP contribution in [0.5, 0.6) is 0 Å². The third kappa shape index (κ3) is 2.75. The molecule has 0 aliphatic rings. The molecule has 0 nitrogen and oxygen atoms in total. The van der Waals surface area contributed by atoms with Crippen molar-refractivity contribution in [1.29, 1.82) is 0 Å². The summed E-state index contributed by atoms with van der Waals surface area (Å²) in [5.74, 6) is 0. The first-order valence-electron chi connectivity index (χ1n) is 3.47. The first-order chi connectivity index (χ1) is 5.24. The molecule has 2 heteroatoms. The fourth-order valence-corrected chi connectivity index (χ4v) is 1.94. The van der Waals surface area contributed by atoms with E-state index in [4.69, 9.17) is 0 Å². The summed E-state index contributed by atoms with van der Waals surface area (Å²) in [4.78, 5) is 0. The van der Waals surface area contributed by atoms with Crippen LogP contribution < -0.4 is 0 Å². The normalized spacial score (nSPS) is 10.1. The van der Waals surface area contributed by atoms with Gasteiger partial charge < -0.3 is 0 Å². The van der Waals surface area contributed by atoms with E-state index in [9.17, 15) is 0 Å². The van der Waals surface area contributed by atoms with E-state index in [1.807, 2.05) is 0 Å². The van der Waals surface area contributed by atoms with E-state index in [0.29, 0.717) is 0 Å². The van der Waals surface area contributed by atoms with Crippen molar-refractivity contribution >= 4 is 38.5 Å². The molecule has 1 aromatic rings. The van der Waals surface area contributed by atoms with E-state index in [0.717, 1.165) is 17.3 Å². The lowest BCUT2D eigenvalue weighted by Gasteiger charge is -2.02. The Hall–Kier alpha value is 0.430. The van der Waals surface area contributed by atoms with Crippen LogP contribution in [0.3, 0.4) is 0 Å². The maximum absolute atomic E-state index is 3.83. The first-order valence-corrected chi connectivity index (χ1v) is 5.34. The second kappa shape index (κ2) is 4.45. The van der Waals surface area contributed by atoms with E-state index >= 15 is 0 Å². The smallest absolute Gasteiger partial charge is 0.0178 e. The molecule has 0 fully saturated rings. The van der Waals surface area contributed by atoms with Crippen molar-refractivity contribution in [3.8, 4) is 0 Å². The van der Waals surface area contributed by atoms with Crippen LogP contribution in [0.1, 0.15) is 12.0 Å². The van der Waals surface area contributed by atoms with Gasteiger partial charge >= 0.3 is 0 Å². The fraction of sp³-hybridized carbons (Fsp3) is 0.222. The summed E-state index contributed by atoms with van der Waals surface area (Å²) < 4.78 is 2.48. The number of aryl methyl sites for hydroxylation is 1. The molecular formula is C9H9BrI. The molecule has 0 saturated heterocycles. The van der Waals surface area contributed by atoms with Gasteiger partial charge in [-0.15, -0.1) is 0 Å². The fourth-order valence-electron chi connectivity index (χ4n) is 0.925. The Morgan fingerprint density at radius 2 is 2.18 bits per heavy atom. The summed E-state index contributed by atoms with van der Waals surface area (Å²) in [7, 11) is 0. The van der Waals surface area contributed by atoms with Gasteiger partial charge in [-0.2, -0.15) is 0 Å². The highest BCUT2D eigenvalue weighted by atomic mass is 127. The van der Waals surface area contributed by atoms with Gasteiger partial charge in [0.25, 0.3) is 0 Å². The van der Waals surface area contributed by atoms with Crippen molar-refractivity contribution in [1.82, 2.24) is 0 Å². The Labute approximate surface area is 89.7 Å². The van der Waals surface area contributed by atoms with Gasteiger partial charge in [-0.1, -0.05) is 22.9 Å². The molecule has 0 spiro atoms. The summed E-state index contributed by atoms with van der Waals surface area (Å²) in [6.07, 6.45) is 2.03. The number of halogens is 2. The van der Waals surface area contributed by atoms with Gasteiger partial charge in [0.05, 0.1) is 0 Å². The highest BCUT2D eigenvalue weighted by Gasteiger charge is 1.97. The lowest BCUT2D eigenvalue weighted by Crippen LogP contribution is -1.87. The molecule has 1 radical (unpaired) electrons. The number of rotatable bonds is 2. The Kier molecular flexibility index (Phi) is 3.85. The molecule has 0 heterocycles. The van der Waals surface area contributed by atoms with E-state index in [1.165, 1.54) is 9.13 Å². The molecule has 0 bridgehead atoms. The molecule has 0 aromatic heterocycles. The lowest BCUT2D eigenvalue weighted by atomic mass is 10.1. The van der Waals surface area contributed by atoms with Crippen molar-refractivity contribution in [3.63, 3.8) is 0 Å². The van der Waals surface area contributed by atoms with E-state index in [-0.39, 0.29) is 0 Å². The minimum atomic E-state index is 0.965. The predicted octanol–water partition coefficient (Wildman–Crippen LogP) is 3.82. The summed E-state index contributed by atoms with van der Waals surface area (Å²) in [5.41, 5.74) is 1.38. The SMILES string of the molecule is [CH2]CCc1cc(Br)ccc1I. The van der Waals surface area contributed by atoms with Gasteiger partial charge in [0.15, 0.2) is 0 Å². The zero-order valence-electron chi connectivity index (χ0n) is 6.11. The summed E-state index contributed by atoms with van der Waals surface area (Å²) in [5, 5.41) is 0. The zero-order valence-corrected chi connectivity index (χ0v) is 9.85. The van der Waals surface area contributed by atoms with Gasteiger partial charge in [-0.3, -0.25) is 0 Å². The molecule has 0 aliphatic carbocycles. The van der Waals surface area contributed by atoms with Gasteiger partial charge in [-0.05, 0) is 59.2 Å². The van der Waals surface area contributed by atoms with Crippen molar-refractivity contribution in [2.45, 2.75) is 12.8 Å². The van der Waals surface area contributed by atoms with Crippen molar-refractivity contribution < 1.29 is 0 Å². The van der Waals surface area contributed by atoms with E-state index in [2.05, 4.69) is 63.6 Å². The third-order valence-electron chi connectivity index (χ3n) is 1.45. The second-order valence-corrected chi connectivity index (χ2v) is 4.42. The topological polar surface area (TPSA) is 0 Å². The quantitative estimate of drug-likeness (QED) is 0.726. The molecule has 0 N–H and O–H groups in total. The number of benzene rings is 1. The number of hydrogen-bond acceptors (Lipinski definition) is 0. The Balaban J connectivity index is 2.93. The number of hydrogen-bond donors (Lipinski definition) is 0. The van der Waals surface area contributed by atoms with Crippen LogP contribution in [-0.4, -0.2) is 0 Å². The summed E-state index contributed by atoms with van der Waals surface area (Å²) in [6, 6.07) is 6.34. The Morgan fingerprint density at radius 1 is 1.45 bits per heavy atom. The average Bonchev–Trinajstić information content (AvgIpc) is 1.98. The monoisotopic (exact) mass is 323 g/mol. The van der Waals surface area contributed by atoms with E-state index < -0.39 is 0 Å². The van der Waals surface area contributed by atoms with Crippen LogP contribution in [0, 0.1) is 10.5 Å². The van der Waals surface area contributed by atoms with Crippen LogP contribution in [0.4, 0.5) is 0 Å². The van der Waals surface area contributed by atoms with Crippen molar-refractivity contribution in [2.75, 3.05) is 0 Å². The molecule has 0 aliphatic heterocycles. The zero-order chi connectivity index (χ0) is 8.27. The average molecular weight is 324 g/mol. The van der Waals surface area contributed by atoms with Crippen molar-refractivity contribution in [2.24, 2.45) is 0 Å². The molecule has 0 saturated carbocycles. The second-order valence-electron chi connectivity index (χ2n) is 2.34. The van der Waals surface area contributed by atoms with Crippen LogP contribution in [0.2, 0.25) is 0 Å². The molecule has 0 amide bonds. The minimum Gasteiger partial charge on any atom is -0.0530 e.